The van der Waals surface area contributed by atoms with Crippen LogP contribution < -0.4 is 5.73 Å². The van der Waals surface area contributed by atoms with Crippen LogP contribution in [0.1, 0.15) is 18.0 Å². The second kappa shape index (κ2) is 6.44. The Kier molecular flexibility index (Phi) is 4.60. The van der Waals surface area contributed by atoms with Crippen molar-refractivity contribution in [3.8, 4) is 0 Å². The van der Waals surface area contributed by atoms with Crippen LogP contribution in [0.3, 0.4) is 0 Å². The molecule has 3 rings (SSSR count). The Hall–Kier alpha value is -0.940. The van der Waals surface area contributed by atoms with Gasteiger partial charge in [0, 0.05) is 30.4 Å². The summed E-state index contributed by atoms with van der Waals surface area (Å²) in [6, 6.07) is 8.98. The lowest BCUT2D eigenvalue weighted by Gasteiger charge is -2.29. The topological polar surface area (TPSA) is 32.5 Å². The van der Waals surface area contributed by atoms with E-state index in [0.29, 0.717) is 12.6 Å². The molecule has 0 spiro atoms. The Balaban J connectivity index is 1.77. The van der Waals surface area contributed by atoms with Gasteiger partial charge >= 0.3 is 0 Å². The van der Waals surface area contributed by atoms with E-state index in [1.54, 1.807) is 0 Å². The lowest BCUT2D eigenvalue weighted by molar-refractivity contribution is 0.213. The number of hydrogen-bond acceptors (Lipinski definition) is 4. The van der Waals surface area contributed by atoms with Crippen molar-refractivity contribution in [1.29, 1.82) is 0 Å². The normalized spacial score (nSPS) is 21.4. The standard InChI is InChI=1S/C17H25N3S/c1-19-8-7-13(10-19)11-20(2)16(9-18)15-12-21-17-6-4-3-5-14(15)17/h3-6,12-13,16H,7-11,18H2,1-2H3. The Bertz CT molecular complexity index is 594. The van der Waals surface area contributed by atoms with Crippen molar-refractivity contribution in [3.05, 3.63) is 35.2 Å². The number of nitrogens with zero attached hydrogens (tertiary/aromatic N) is 2. The zero-order valence-electron chi connectivity index (χ0n) is 13.0. The molecule has 0 bridgehead atoms. The Morgan fingerprint density at radius 3 is 2.95 bits per heavy atom. The molecule has 21 heavy (non-hydrogen) atoms. The summed E-state index contributed by atoms with van der Waals surface area (Å²) in [7, 11) is 4.44. The minimum Gasteiger partial charge on any atom is -0.329 e. The van der Waals surface area contributed by atoms with Crippen LogP contribution in [-0.4, -0.2) is 50.1 Å². The highest BCUT2D eigenvalue weighted by Gasteiger charge is 2.25. The monoisotopic (exact) mass is 303 g/mol. The highest BCUT2D eigenvalue weighted by Crippen LogP contribution is 2.33. The van der Waals surface area contributed by atoms with Crippen LogP contribution >= 0.6 is 11.3 Å². The van der Waals surface area contributed by atoms with Crippen LogP contribution in [0.25, 0.3) is 10.1 Å². The molecule has 0 saturated carbocycles. The van der Waals surface area contributed by atoms with Gasteiger partial charge in [-0.05, 0) is 55.4 Å². The van der Waals surface area contributed by atoms with E-state index in [9.17, 15) is 0 Å². The maximum atomic E-state index is 6.11. The first-order valence-corrected chi connectivity index (χ1v) is 8.62. The van der Waals surface area contributed by atoms with Gasteiger partial charge in [-0.15, -0.1) is 11.3 Å². The number of nitrogens with two attached hydrogens (primary N) is 1. The van der Waals surface area contributed by atoms with Crippen LogP contribution in [0.2, 0.25) is 0 Å². The van der Waals surface area contributed by atoms with E-state index in [2.05, 4.69) is 53.5 Å². The summed E-state index contributed by atoms with van der Waals surface area (Å²) in [5.41, 5.74) is 7.51. The molecule has 3 nitrogen and oxygen atoms in total. The third-order valence-electron chi connectivity index (χ3n) is 4.66. The fourth-order valence-corrected chi connectivity index (χ4v) is 4.52. The molecule has 1 aromatic carbocycles. The van der Waals surface area contributed by atoms with Gasteiger partial charge in [0.2, 0.25) is 0 Å². The third-order valence-corrected chi connectivity index (χ3v) is 5.64. The van der Waals surface area contributed by atoms with Crippen molar-refractivity contribution >= 4 is 21.4 Å². The second-order valence-corrected chi connectivity index (χ2v) is 7.21. The van der Waals surface area contributed by atoms with Crippen molar-refractivity contribution in [2.75, 3.05) is 40.3 Å². The zero-order valence-corrected chi connectivity index (χ0v) is 13.8. The quantitative estimate of drug-likeness (QED) is 0.922. The molecular formula is C17H25N3S. The number of rotatable bonds is 5. The van der Waals surface area contributed by atoms with Crippen LogP contribution in [0.15, 0.2) is 29.6 Å². The maximum Gasteiger partial charge on any atom is 0.0481 e. The number of likely N-dealkylation sites (tertiary alicyclic amines) is 1. The van der Waals surface area contributed by atoms with Crippen molar-refractivity contribution in [2.45, 2.75) is 12.5 Å². The molecule has 1 aliphatic heterocycles. The van der Waals surface area contributed by atoms with Crippen molar-refractivity contribution in [2.24, 2.45) is 11.7 Å². The van der Waals surface area contributed by atoms with Gasteiger partial charge in [-0.2, -0.15) is 0 Å². The lowest BCUT2D eigenvalue weighted by Crippen LogP contribution is -2.34. The summed E-state index contributed by atoms with van der Waals surface area (Å²) in [5.74, 6) is 0.777. The van der Waals surface area contributed by atoms with Crippen LogP contribution in [0, 0.1) is 5.92 Å². The number of thiophene rings is 1. The van der Waals surface area contributed by atoms with Gasteiger partial charge in [-0.1, -0.05) is 18.2 Å². The predicted molar refractivity (Wildman–Crippen MR) is 91.9 cm³/mol. The molecule has 1 aromatic heterocycles. The highest BCUT2D eigenvalue weighted by atomic mass is 32.1. The van der Waals surface area contributed by atoms with Crippen molar-refractivity contribution in [3.63, 3.8) is 0 Å². The third kappa shape index (κ3) is 3.14. The summed E-state index contributed by atoms with van der Waals surface area (Å²) in [5, 5.41) is 3.66. The first kappa shape index (κ1) is 15.0. The number of benzene rings is 1. The molecule has 0 amide bonds. The number of hydrogen-bond donors (Lipinski definition) is 1. The van der Waals surface area contributed by atoms with Gasteiger partial charge in [0.15, 0.2) is 0 Å². The Morgan fingerprint density at radius 1 is 1.43 bits per heavy atom. The molecular weight excluding hydrogens is 278 g/mol. The smallest absolute Gasteiger partial charge is 0.0481 e. The van der Waals surface area contributed by atoms with Gasteiger partial charge in [0.1, 0.15) is 0 Å². The van der Waals surface area contributed by atoms with Crippen LogP contribution in [0.4, 0.5) is 0 Å². The van der Waals surface area contributed by atoms with Crippen LogP contribution in [0.5, 0.6) is 0 Å². The summed E-state index contributed by atoms with van der Waals surface area (Å²) >= 11 is 1.83. The van der Waals surface area contributed by atoms with Gasteiger partial charge < -0.3 is 10.6 Å². The minimum absolute atomic E-state index is 0.326. The van der Waals surface area contributed by atoms with Crippen molar-refractivity contribution in [1.82, 2.24) is 9.80 Å². The largest absolute Gasteiger partial charge is 0.329 e. The van der Waals surface area contributed by atoms with E-state index >= 15 is 0 Å². The Labute approximate surface area is 131 Å². The molecule has 2 atom stereocenters. The van der Waals surface area contributed by atoms with Crippen LogP contribution in [-0.2, 0) is 0 Å². The van der Waals surface area contributed by atoms with E-state index in [4.69, 9.17) is 5.73 Å². The molecule has 0 radical (unpaired) electrons. The average Bonchev–Trinajstić information content (AvgIpc) is 3.07. The summed E-state index contributed by atoms with van der Waals surface area (Å²) in [6.45, 7) is 4.26. The van der Waals surface area contributed by atoms with Gasteiger partial charge in [-0.3, -0.25) is 4.90 Å². The SMILES string of the molecule is CN1CCC(CN(C)C(CN)c2csc3ccccc23)C1. The fourth-order valence-electron chi connectivity index (χ4n) is 3.51. The molecule has 1 saturated heterocycles. The average molecular weight is 303 g/mol. The number of fused-ring (bicyclic) bond motifs is 1. The van der Waals surface area contributed by atoms with Gasteiger partial charge in [0.25, 0.3) is 0 Å². The van der Waals surface area contributed by atoms with E-state index in [-0.39, 0.29) is 0 Å². The molecule has 1 fully saturated rings. The van der Waals surface area contributed by atoms with Gasteiger partial charge in [0.05, 0.1) is 0 Å². The zero-order chi connectivity index (χ0) is 14.8. The molecule has 2 aromatic rings. The molecule has 2 unspecified atom stereocenters. The fraction of sp³-hybridized carbons (Fsp3) is 0.529. The predicted octanol–water partition coefficient (Wildman–Crippen LogP) is 2.78. The lowest BCUT2D eigenvalue weighted by atomic mass is 10.0. The molecule has 2 N–H and O–H groups in total. The van der Waals surface area contributed by atoms with Crippen molar-refractivity contribution < 1.29 is 0 Å². The molecule has 2 heterocycles. The molecule has 4 heteroatoms. The second-order valence-electron chi connectivity index (χ2n) is 6.30. The molecule has 1 aliphatic rings. The molecule has 114 valence electrons. The summed E-state index contributed by atoms with van der Waals surface area (Å²) < 4.78 is 1.36. The summed E-state index contributed by atoms with van der Waals surface area (Å²) in [6.07, 6.45) is 1.31. The van der Waals surface area contributed by atoms with E-state index in [1.165, 1.54) is 35.2 Å². The van der Waals surface area contributed by atoms with E-state index < -0.39 is 0 Å². The first-order valence-electron chi connectivity index (χ1n) is 7.74. The van der Waals surface area contributed by atoms with E-state index in [0.717, 1.165) is 12.5 Å². The van der Waals surface area contributed by atoms with Gasteiger partial charge in [-0.25, -0.2) is 0 Å². The number of likely N-dealkylation sites (N-methyl/N-ethyl adjacent to an activating group) is 1. The minimum atomic E-state index is 0.326. The molecule has 0 aliphatic carbocycles. The Morgan fingerprint density at radius 2 is 2.24 bits per heavy atom. The summed E-state index contributed by atoms with van der Waals surface area (Å²) in [4.78, 5) is 4.88. The maximum absolute atomic E-state index is 6.11. The first-order chi connectivity index (χ1) is 10.2. The van der Waals surface area contributed by atoms with E-state index in [1.807, 2.05) is 11.3 Å². The highest BCUT2D eigenvalue weighted by molar-refractivity contribution is 7.17.